The van der Waals surface area contributed by atoms with Crippen LogP contribution in [-0.2, 0) is 19.5 Å². The standard InChI is InChI=1S/C18H36N4O4S.HI/c1-3-27(23,24)22-10-5-17(6-11-22)21-18(19-2)20-9-4-12-26-15-16-7-13-25-14-8-16;/h16-17H,3-15H2,1-2H3,(H2,19,20,21);1H. The van der Waals surface area contributed by atoms with Crippen molar-refractivity contribution in [1.29, 1.82) is 0 Å². The van der Waals surface area contributed by atoms with E-state index in [0.717, 1.165) is 71.0 Å². The lowest BCUT2D eigenvalue weighted by Gasteiger charge is -2.32. The normalized spacial score (nSPS) is 20.6. The first kappa shape index (κ1) is 25.9. The van der Waals surface area contributed by atoms with Gasteiger partial charge in [-0.15, -0.1) is 24.0 Å². The lowest BCUT2D eigenvalue weighted by Crippen LogP contribution is -2.50. The lowest BCUT2D eigenvalue weighted by atomic mass is 10.0. The Morgan fingerprint density at radius 3 is 2.50 bits per heavy atom. The van der Waals surface area contributed by atoms with Gasteiger partial charge in [-0.1, -0.05) is 0 Å². The highest BCUT2D eigenvalue weighted by Crippen LogP contribution is 2.15. The van der Waals surface area contributed by atoms with Crippen LogP contribution in [0.2, 0.25) is 0 Å². The Hall–Kier alpha value is -0.170. The molecule has 166 valence electrons. The third kappa shape index (κ3) is 9.10. The van der Waals surface area contributed by atoms with Crippen LogP contribution in [0.3, 0.4) is 0 Å². The number of nitrogens with one attached hydrogen (secondary N) is 2. The smallest absolute Gasteiger partial charge is 0.213 e. The molecule has 0 saturated carbocycles. The van der Waals surface area contributed by atoms with Gasteiger partial charge in [-0.05, 0) is 44.9 Å². The lowest BCUT2D eigenvalue weighted by molar-refractivity contribution is 0.0203. The van der Waals surface area contributed by atoms with Crippen LogP contribution >= 0.6 is 24.0 Å². The molecule has 0 bridgehead atoms. The Morgan fingerprint density at radius 2 is 1.89 bits per heavy atom. The van der Waals surface area contributed by atoms with E-state index in [9.17, 15) is 8.42 Å². The van der Waals surface area contributed by atoms with Gasteiger partial charge in [-0.2, -0.15) is 0 Å². The van der Waals surface area contributed by atoms with Crippen LogP contribution in [0.25, 0.3) is 0 Å². The number of aliphatic imine (C=N–C) groups is 1. The van der Waals surface area contributed by atoms with E-state index in [0.29, 0.717) is 19.0 Å². The highest BCUT2D eigenvalue weighted by atomic mass is 127. The van der Waals surface area contributed by atoms with Gasteiger partial charge in [0.15, 0.2) is 5.96 Å². The number of hydrogen-bond donors (Lipinski definition) is 2. The fraction of sp³-hybridized carbons (Fsp3) is 0.944. The first-order valence-corrected chi connectivity index (χ1v) is 11.8. The van der Waals surface area contributed by atoms with Crippen molar-refractivity contribution in [3.63, 3.8) is 0 Å². The highest BCUT2D eigenvalue weighted by Gasteiger charge is 2.26. The van der Waals surface area contributed by atoms with Crippen molar-refractivity contribution in [2.45, 2.75) is 45.1 Å². The molecule has 2 heterocycles. The monoisotopic (exact) mass is 532 g/mol. The minimum atomic E-state index is -3.07. The number of hydrogen-bond acceptors (Lipinski definition) is 5. The van der Waals surface area contributed by atoms with Gasteiger partial charge in [0, 0.05) is 59.2 Å². The molecular weight excluding hydrogens is 495 g/mol. The van der Waals surface area contributed by atoms with Crippen LogP contribution in [0.5, 0.6) is 0 Å². The van der Waals surface area contributed by atoms with Gasteiger partial charge >= 0.3 is 0 Å². The molecule has 0 spiro atoms. The minimum absolute atomic E-state index is 0. The van der Waals surface area contributed by atoms with Crippen molar-refractivity contribution in [2.24, 2.45) is 10.9 Å². The average molecular weight is 532 g/mol. The molecule has 0 amide bonds. The van der Waals surface area contributed by atoms with Gasteiger partial charge in [0.1, 0.15) is 0 Å². The van der Waals surface area contributed by atoms with Crippen molar-refractivity contribution in [2.75, 3.05) is 58.9 Å². The van der Waals surface area contributed by atoms with Crippen LogP contribution in [0.4, 0.5) is 0 Å². The summed E-state index contributed by atoms with van der Waals surface area (Å²) < 4.78 is 36.6. The summed E-state index contributed by atoms with van der Waals surface area (Å²) in [5.74, 6) is 1.59. The quantitative estimate of drug-likeness (QED) is 0.202. The summed E-state index contributed by atoms with van der Waals surface area (Å²) in [5.41, 5.74) is 0. The van der Waals surface area contributed by atoms with Crippen molar-refractivity contribution in [3.05, 3.63) is 0 Å². The molecular formula is C18H37IN4O4S. The third-order valence-corrected chi connectivity index (χ3v) is 7.11. The molecule has 28 heavy (non-hydrogen) atoms. The molecule has 2 rings (SSSR count). The largest absolute Gasteiger partial charge is 0.381 e. The molecule has 10 heteroatoms. The molecule has 8 nitrogen and oxygen atoms in total. The second kappa shape index (κ2) is 13.9. The van der Waals surface area contributed by atoms with Crippen molar-refractivity contribution < 1.29 is 17.9 Å². The maximum Gasteiger partial charge on any atom is 0.213 e. The van der Waals surface area contributed by atoms with E-state index in [1.165, 1.54) is 0 Å². The van der Waals surface area contributed by atoms with Gasteiger partial charge in [0.2, 0.25) is 10.0 Å². The number of piperidine rings is 1. The van der Waals surface area contributed by atoms with Gasteiger partial charge in [-0.25, -0.2) is 12.7 Å². The Morgan fingerprint density at radius 1 is 1.21 bits per heavy atom. The van der Waals surface area contributed by atoms with Gasteiger partial charge in [0.25, 0.3) is 0 Å². The molecule has 0 radical (unpaired) electrons. The molecule has 0 atom stereocenters. The van der Waals surface area contributed by atoms with Crippen LogP contribution < -0.4 is 10.6 Å². The Labute approximate surface area is 187 Å². The molecule has 2 N–H and O–H groups in total. The maximum atomic E-state index is 11.9. The molecule has 0 aromatic rings. The van der Waals surface area contributed by atoms with E-state index in [2.05, 4.69) is 15.6 Å². The predicted molar refractivity (Wildman–Crippen MR) is 123 cm³/mol. The molecule has 2 fully saturated rings. The first-order chi connectivity index (χ1) is 13.0. The van der Waals surface area contributed by atoms with Crippen LogP contribution in [0.1, 0.15) is 39.0 Å². The Balaban J connectivity index is 0.00000392. The second-order valence-corrected chi connectivity index (χ2v) is 9.46. The van der Waals surface area contributed by atoms with Crippen molar-refractivity contribution >= 4 is 40.0 Å². The summed E-state index contributed by atoms with van der Waals surface area (Å²) in [6, 6.07) is 0.254. The zero-order valence-corrected chi connectivity index (χ0v) is 20.3. The third-order valence-electron chi connectivity index (χ3n) is 5.23. The zero-order chi connectivity index (χ0) is 19.5. The van der Waals surface area contributed by atoms with Crippen molar-refractivity contribution in [1.82, 2.24) is 14.9 Å². The number of nitrogens with zero attached hydrogens (tertiary/aromatic N) is 2. The Kier molecular flexibility index (Phi) is 12.9. The minimum Gasteiger partial charge on any atom is -0.381 e. The molecule has 0 unspecified atom stereocenters. The molecule has 2 aliphatic heterocycles. The van der Waals surface area contributed by atoms with E-state index in [-0.39, 0.29) is 35.8 Å². The number of halogens is 1. The summed E-state index contributed by atoms with van der Waals surface area (Å²) in [5, 5.41) is 6.72. The molecule has 0 aromatic carbocycles. The highest BCUT2D eigenvalue weighted by molar-refractivity contribution is 14.0. The van der Waals surface area contributed by atoms with Gasteiger partial charge in [0.05, 0.1) is 5.75 Å². The predicted octanol–water partition coefficient (Wildman–Crippen LogP) is 1.42. The Bertz CT molecular complexity index is 548. The fourth-order valence-corrected chi connectivity index (χ4v) is 4.53. The topological polar surface area (TPSA) is 92.3 Å². The fourth-order valence-electron chi connectivity index (χ4n) is 3.39. The van der Waals surface area contributed by atoms with E-state index < -0.39 is 10.0 Å². The average Bonchev–Trinajstić information content (AvgIpc) is 2.70. The number of rotatable bonds is 9. The summed E-state index contributed by atoms with van der Waals surface area (Å²) >= 11 is 0. The summed E-state index contributed by atoms with van der Waals surface area (Å²) in [7, 11) is -1.31. The van der Waals surface area contributed by atoms with E-state index in [1.807, 2.05) is 0 Å². The number of sulfonamides is 1. The van der Waals surface area contributed by atoms with Crippen molar-refractivity contribution in [3.8, 4) is 0 Å². The maximum absolute atomic E-state index is 11.9. The van der Waals surface area contributed by atoms with Gasteiger partial charge < -0.3 is 20.1 Å². The molecule has 2 saturated heterocycles. The van der Waals surface area contributed by atoms with Crippen LogP contribution in [0, 0.1) is 5.92 Å². The zero-order valence-electron chi connectivity index (χ0n) is 17.2. The SMILES string of the molecule is CCS(=O)(=O)N1CCC(NC(=NC)NCCCOCC2CCOCC2)CC1.I. The van der Waals surface area contributed by atoms with Crippen LogP contribution in [-0.4, -0.2) is 83.6 Å². The second-order valence-electron chi connectivity index (χ2n) is 7.20. The number of guanidine groups is 1. The summed E-state index contributed by atoms with van der Waals surface area (Å²) in [6.45, 7) is 6.94. The van der Waals surface area contributed by atoms with E-state index in [4.69, 9.17) is 9.47 Å². The summed E-state index contributed by atoms with van der Waals surface area (Å²) in [6.07, 6.45) is 4.74. The molecule has 0 aliphatic carbocycles. The number of ether oxygens (including phenoxy) is 2. The molecule has 0 aromatic heterocycles. The van der Waals surface area contributed by atoms with E-state index in [1.54, 1.807) is 18.3 Å². The first-order valence-electron chi connectivity index (χ1n) is 10.2. The summed E-state index contributed by atoms with van der Waals surface area (Å²) in [4.78, 5) is 4.27. The molecule has 2 aliphatic rings. The van der Waals surface area contributed by atoms with E-state index >= 15 is 0 Å². The van der Waals surface area contributed by atoms with Gasteiger partial charge in [-0.3, -0.25) is 4.99 Å². The van der Waals surface area contributed by atoms with Crippen LogP contribution in [0.15, 0.2) is 4.99 Å².